The maximum Gasteiger partial charge on any atom is 0.254 e. The third-order valence-corrected chi connectivity index (χ3v) is 4.92. The van der Waals surface area contributed by atoms with Crippen molar-refractivity contribution in [3.8, 4) is 0 Å². The largest absolute Gasteiger partial charge is 0.336 e. The predicted octanol–water partition coefficient (Wildman–Crippen LogP) is 3.80. The van der Waals surface area contributed by atoms with Crippen LogP contribution in [0.2, 0.25) is 0 Å². The van der Waals surface area contributed by atoms with Crippen molar-refractivity contribution in [2.24, 2.45) is 0 Å². The van der Waals surface area contributed by atoms with Gasteiger partial charge in [-0.1, -0.05) is 6.07 Å². The average molecular weight is 292 g/mol. The first-order valence-corrected chi connectivity index (χ1v) is 8.32. The lowest BCUT2D eigenvalue weighted by molar-refractivity contribution is 0.0580. The number of fused-ring (bicyclic) bond motifs is 1. The van der Waals surface area contributed by atoms with E-state index in [9.17, 15) is 4.79 Å². The van der Waals surface area contributed by atoms with Crippen molar-refractivity contribution in [3.63, 3.8) is 0 Å². The minimum atomic E-state index is 0.203. The van der Waals surface area contributed by atoms with Crippen LogP contribution >= 0.6 is 11.6 Å². The van der Waals surface area contributed by atoms with Gasteiger partial charge in [0.25, 0.3) is 5.91 Å². The first-order valence-electron chi connectivity index (χ1n) is 7.78. The molecule has 2 aliphatic rings. The first kappa shape index (κ1) is 13.9. The molecule has 2 nitrogen and oxygen atoms in total. The second-order valence-electron chi connectivity index (χ2n) is 5.96. The Bertz CT molecular complexity index is 496. The molecule has 0 N–H and O–H groups in total. The molecule has 0 unspecified atom stereocenters. The van der Waals surface area contributed by atoms with Crippen molar-refractivity contribution in [3.05, 3.63) is 34.9 Å². The van der Waals surface area contributed by atoms with Gasteiger partial charge >= 0.3 is 0 Å². The summed E-state index contributed by atoms with van der Waals surface area (Å²) < 4.78 is 0. The predicted molar refractivity (Wildman–Crippen MR) is 82.5 cm³/mol. The van der Waals surface area contributed by atoms with Gasteiger partial charge in [0, 0.05) is 24.0 Å². The van der Waals surface area contributed by atoms with Crippen molar-refractivity contribution in [2.45, 2.75) is 51.0 Å². The molecule has 0 aromatic heterocycles. The fourth-order valence-corrected chi connectivity index (χ4v) is 3.37. The maximum absolute atomic E-state index is 12.8. The molecule has 1 aromatic rings. The smallest absolute Gasteiger partial charge is 0.254 e. The monoisotopic (exact) mass is 291 g/mol. The van der Waals surface area contributed by atoms with Gasteiger partial charge in [-0.05, 0) is 68.2 Å². The summed E-state index contributed by atoms with van der Waals surface area (Å²) in [6, 6.07) is 6.73. The highest BCUT2D eigenvalue weighted by atomic mass is 35.5. The number of carbonyl (C=O) groups is 1. The lowest BCUT2D eigenvalue weighted by atomic mass is 9.90. The summed E-state index contributed by atoms with van der Waals surface area (Å²) in [6.07, 6.45) is 7.96. The van der Waals surface area contributed by atoms with Crippen molar-refractivity contribution >= 4 is 17.5 Å². The topological polar surface area (TPSA) is 20.3 Å². The quantitative estimate of drug-likeness (QED) is 0.756. The molecule has 0 bridgehead atoms. The standard InChI is InChI=1S/C17H22ClNO/c18-10-3-11-19(16-6-2-7-16)17(20)15-9-8-13-4-1-5-14(13)12-15/h8-9,12,16H,1-7,10-11H2. The van der Waals surface area contributed by atoms with E-state index >= 15 is 0 Å². The Kier molecular flexibility index (Phi) is 4.30. The van der Waals surface area contributed by atoms with Crippen LogP contribution < -0.4 is 0 Å². The van der Waals surface area contributed by atoms with Crippen molar-refractivity contribution in [2.75, 3.05) is 12.4 Å². The summed E-state index contributed by atoms with van der Waals surface area (Å²) in [5, 5.41) is 0. The second-order valence-corrected chi connectivity index (χ2v) is 6.34. The molecule has 0 atom stereocenters. The van der Waals surface area contributed by atoms with Crippen LogP contribution in [0.1, 0.15) is 53.6 Å². The summed E-state index contributed by atoms with van der Waals surface area (Å²) >= 11 is 5.80. The van der Waals surface area contributed by atoms with Gasteiger partial charge in [-0.3, -0.25) is 4.79 Å². The van der Waals surface area contributed by atoms with Crippen LogP contribution in [0.25, 0.3) is 0 Å². The number of rotatable bonds is 5. The van der Waals surface area contributed by atoms with E-state index in [1.54, 1.807) is 0 Å². The Morgan fingerprint density at radius 2 is 2.00 bits per heavy atom. The summed E-state index contributed by atoms with van der Waals surface area (Å²) in [7, 11) is 0. The number of hydrogen-bond donors (Lipinski definition) is 0. The molecule has 0 aliphatic heterocycles. The molecule has 0 radical (unpaired) electrons. The minimum Gasteiger partial charge on any atom is -0.336 e. The highest BCUT2D eigenvalue weighted by molar-refractivity contribution is 6.17. The van der Waals surface area contributed by atoms with Crippen LogP contribution in [-0.4, -0.2) is 29.3 Å². The number of aryl methyl sites for hydroxylation is 2. The maximum atomic E-state index is 12.8. The number of benzene rings is 1. The third-order valence-electron chi connectivity index (χ3n) is 4.65. The third kappa shape index (κ3) is 2.71. The molecule has 0 spiro atoms. The average Bonchev–Trinajstić information content (AvgIpc) is 2.87. The summed E-state index contributed by atoms with van der Waals surface area (Å²) in [5.74, 6) is 0.829. The Labute approximate surface area is 126 Å². The molecule has 1 aromatic carbocycles. The zero-order valence-electron chi connectivity index (χ0n) is 11.9. The molecule has 0 saturated heterocycles. The van der Waals surface area contributed by atoms with Gasteiger partial charge in [-0.2, -0.15) is 0 Å². The second kappa shape index (κ2) is 6.17. The molecule has 108 valence electrons. The first-order chi connectivity index (χ1) is 9.79. The summed E-state index contributed by atoms with van der Waals surface area (Å²) in [4.78, 5) is 14.8. The van der Waals surface area contributed by atoms with Crippen molar-refractivity contribution < 1.29 is 4.79 Å². The molecule has 2 aliphatic carbocycles. The summed E-state index contributed by atoms with van der Waals surface area (Å²) in [6.45, 7) is 0.796. The molecular formula is C17H22ClNO. The minimum absolute atomic E-state index is 0.203. The molecule has 1 saturated carbocycles. The Hall–Kier alpha value is -1.02. The fourth-order valence-electron chi connectivity index (χ4n) is 3.25. The van der Waals surface area contributed by atoms with Crippen LogP contribution in [0.3, 0.4) is 0 Å². The van der Waals surface area contributed by atoms with Gasteiger partial charge in [-0.15, -0.1) is 11.6 Å². The van der Waals surface area contributed by atoms with Crippen LogP contribution in [0.5, 0.6) is 0 Å². The van der Waals surface area contributed by atoms with Gasteiger partial charge in [0.1, 0.15) is 0 Å². The van der Waals surface area contributed by atoms with Gasteiger partial charge < -0.3 is 4.90 Å². The van der Waals surface area contributed by atoms with E-state index in [0.29, 0.717) is 11.9 Å². The van der Waals surface area contributed by atoms with E-state index in [2.05, 4.69) is 17.0 Å². The normalized spacial score (nSPS) is 17.6. The van der Waals surface area contributed by atoms with Gasteiger partial charge in [0.2, 0.25) is 0 Å². The molecule has 20 heavy (non-hydrogen) atoms. The Morgan fingerprint density at radius 1 is 1.20 bits per heavy atom. The number of alkyl halides is 1. The fraction of sp³-hybridized carbons (Fsp3) is 0.588. The molecule has 1 fully saturated rings. The van der Waals surface area contributed by atoms with Crippen LogP contribution in [-0.2, 0) is 12.8 Å². The van der Waals surface area contributed by atoms with E-state index in [0.717, 1.165) is 37.8 Å². The van der Waals surface area contributed by atoms with E-state index < -0.39 is 0 Å². The van der Waals surface area contributed by atoms with Gasteiger partial charge in [-0.25, -0.2) is 0 Å². The van der Waals surface area contributed by atoms with E-state index in [4.69, 9.17) is 11.6 Å². The molecule has 0 heterocycles. The van der Waals surface area contributed by atoms with E-state index in [-0.39, 0.29) is 5.91 Å². The lowest BCUT2D eigenvalue weighted by Crippen LogP contribution is -2.44. The number of amides is 1. The van der Waals surface area contributed by atoms with Crippen LogP contribution in [0, 0.1) is 0 Å². The SMILES string of the molecule is O=C(c1ccc2c(c1)CCC2)N(CCCCl)C1CCC1. The molecule has 1 amide bonds. The molecule has 3 heteroatoms. The number of carbonyl (C=O) groups excluding carboxylic acids is 1. The zero-order valence-corrected chi connectivity index (χ0v) is 12.7. The van der Waals surface area contributed by atoms with Gasteiger partial charge in [0.15, 0.2) is 0 Å². The molecule has 3 rings (SSSR count). The van der Waals surface area contributed by atoms with E-state index in [1.807, 2.05) is 6.07 Å². The van der Waals surface area contributed by atoms with Crippen molar-refractivity contribution in [1.29, 1.82) is 0 Å². The number of halogens is 1. The number of nitrogens with zero attached hydrogens (tertiary/aromatic N) is 1. The van der Waals surface area contributed by atoms with Crippen molar-refractivity contribution in [1.82, 2.24) is 4.90 Å². The zero-order chi connectivity index (χ0) is 13.9. The number of hydrogen-bond acceptors (Lipinski definition) is 1. The van der Waals surface area contributed by atoms with Crippen LogP contribution in [0.15, 0.2) is 18.2 Å². The molecular weight excluding hydrogens is 270 g/mol. The van der Waals surface area contributed by atoms with Crippen LogP contribution in [0.4, 0.5) is 0 Å². The highest BCUT2D eigenvalue weighted by Crippen LogP contribution is 2.28. The Morgan fingerprint density at radius 3 is 2.70 bits per heavy atom. The lowest BCUT2D eigenvalue weighted by Gasteiger charge is -2.37. The highest BCUT2D eigenvalue weighted by Gasteiger charge is 2.29. The van der Waals surface area contributed by atoms with E-state index in [1.165, 1.54) is 30.4 Å². The summed E-state index contributed by atoms with van der Waals surface area (Å²) in [5.41, 5.74) is 3.67. The Balaban J connectivity index is 1.77. The van der Waals surface area contributed by atoms with Gasteiger partial charge in [0.05, 0.1) is 0 Å².